The first-order valence-corrected chi connectivity index (χ1v) is 6.85. The Morgan fingerprint density at radius 1 is 1.41 bits per heavy atom. The largest absolute Gasteiger partial charge is 0.385 e. The molecule has 0 aliphatic carbocycles. The van der Waals surface area contributed by atoms with Crippen LogP contribution in [0.2, 0.25) is 0 Å². The number of rotatable bonds is 5. The van der Waals surface area contributed by atoms with Crippen LogP contribution in [0.1, 0.15) is 26.7 Å². The van der Waals surface area contributed by atoms with Gasteiger partial charge in [-0.2, -0.15) is 11.8 Å². The number of nitrogens with two attached hydrogens (primary N) is 1. The van der Waals surface area contributed by atoms with E-state index in [1.165, 1.54) is 10.6 Å². The van der Waals surface area contributed by atoms with Crippen LogP contribution >= 0.6 is 11.8 Å². The number of nitrogens with one attached hydrogen (secondary N) is 1. The van der Waals surface area contributed by atoms with Gasteiger partial charge in [-0.1, -0.05) is 13.8 Å². The fraction of sp³-hybridized carbons (Fsp3) is 0.636. The number of nitrogens with zero attached hydrogens (tertiary/aromatic N) is 1. The van der Waals surface area contributed by atoms with Gasteiger partial charge in [0.05, 0.1) is 0 Å². The molecule has 0 aliphatic rings. The Labute approximate surface area is 104 Å². The van der Waals surface area contributed by atoms with Crippen molar-refractivity contribution in [3.8, 4) is 0 Å². The third-order valence-electron chi connectivity index (χ3n) is 3.23. The monoisotopic (exact) mass is 257 g/mol. The van der Waals surface area contributed by atoms with Gasteiger partial charge in [-0.05, 0) is 19.1 Å². The van der Waals surface area contributed by atoms with Gasteiger partial charge >= 0.3 is 5.69 Å². The van der Waals surface area contributed by atoms with E-state index >= 15 is 0 Å². The predicted molar refractivity (Wildman–Crippen MR) is 72.6 cm³/mol. The van der Waals surface area contributed by atoms with E-state index < -0.39 is 11.2 Å². The minimum atomic E-state index is -0.452. The molecule has 0 aliphatic heterocycles. The number of aromatic nitrogens is 2. The van der Waals surface area contributed by atoms with Crippen LogP contribution in [-0.4, -0.2) is 20.6 Å². The van der Waals surface area contributed by atoms with Gasteiger partial charge in [0, 0.05) is 17.4 Å². The first-order valence-electron chi connectivity index (χ1n) is 5.62. The Morgan fingerprint density at radius 3 is 2.41 bits per heavy atom. The molecule has 1 aromatic rings. The maximum Gasteiger partial charge on any atom is 0.329 e. The molecule has 0 fully saturated rings. The van der Waals surface area contributed by atoms with Crippen LogP contribution in [0.3, 0.4) is 0 Å². The molecule has 0 amide bonds. The summed E-state index contributed by atoms with van der Waals surface area (Å²) < 4.78 is 1.42. The van der Waals surface area contributed by atoms with Crippen LogP contribution in [-0.2, 0) is 6.54 Å². The fourth-order valence-corrected chi connectivity index (χ4v) is 2.65. The van der Waals surface area contributed by atoms with E-state index in [4.69, 9.17) is 5.73 Å². The topological polar surface area (TPSA) is 80.9 Å². The second kappa shape index (κ2) is 5.44. The van der Waals surface area contributed by atoms with Crippen molar-refractivity contribution in [2.75, 3.05) is 12.0 Å². The lowest BCUT2D eigenvalue weighted by Gasteiger charge is -2.30. The van der Waals surface area contributed by atoms with Crippen molar-refractivity contribution in [3.63, 3.8) is 0 Å². The molecule has 1 aromatic heterocycles. The average molecular weight is 257 g/mol. The highest BCUT2D eigenvalue weighted by Crippen LogP contribution is 2.32. The van der Waals surface area contributed by atoms with Crippen LogP contribution in [0, 0.1) is 0 Å². The highest BCUT2D eigenvalue weighted by molar-refractivity contribution is 8.00. The van der Waals surface area contributed by atoms with Crippen molar-refractivity contribution in [2.45, 2.75) is 38.0 Å². The summed E-state index contributed by atoms with van der Waals surface area (Å²) in [4.78, 5) is 25.0. The van der Waals surface area contributed by atoms with Gasteiger partial charge in [-0.25, -0.2) is 4.79 Å². The predicted octanol–water partition coefficient (Wildman–Crippen LogP) is 1.04. The van der Waals surface area contributed by atoms with Crippen molar-refractivity contribution in [2.24, 2.45) is 0 Å². The van der Waals surface area contributed by atoms with Crippen LogP contribution in [0.15, 0.2) is 15.7 Å². The van der Waals surface area contributed by atoms with E-state index in [0.717, 1.165) is 12.8 Å². The van der Waals surface area contributed by atoms with Gasteiger partial charge < -0.3 is 5.73 Å². The first-order chi connectivity index (χ1) is 7.98. The van der Waals surface area contributed by atoms with Crippen LogP contribution in [0.25, 0.3) is 0 Å². The lowest BCUT2D eigenvalue weighted by atomic mass is 10.0. The highest BCUT2D eigenvalue weighted by atomic mass is 32.2. The number of aromatic amines is 1. The number of hydrogen-bond acceptors (Lipinski definition) is 4. The van der Waals surface area contributed by atoms with Gasteiger partial charge in [-0.15, -0.1) is 0 Å². The molecule has 0 spiro atoms. The Bertz CT molecular complexity index is 480. The zero-order chi connectivity index (χ0) is 13.1. The Hall–Kier alpha value is -1.17. The maximum absolute atomic E-state index is 11.7. The normalized spacial score (nSPS) is 11.7. The molecule has 0 radical (unpaired) electrons. The van der Waals surface area contributed by atoms with Gasteiger partial charge in [0.2, 0.25) is 0 Å². The quantitative estimate of drug-likeness (QED) is 0.826. The molecule has 6 heteroatoms. The van der Waals surface area contributed by atoms with E-state index in [2.05, 4.69) is 18.8 Å². The number of H-pyrrole nitrogens is 1. The Kier molecular flexibility index (Phi) is 4.45. The molecule has 0 bridgehead atoms. The third kappa shape index (κ3) is 2.94. The highest BCUT2D eigenvalue weighted by Gasteiger charge is 2.26. The molecular formula is C11H19N3O2S. The molecule has 0 saturated heterocycles. The van der Waals surface area contributed by atoms with Crippen molar-refractivity contribution < 1.29 is 0 Å². The van der Waals surface area contributed by atoms with Crippen LogP contribution in [0.5, 0.6) is 0 Å². The Morgan fingerprint density at radius 2 is 2.00 bits per heavy atom. The number of thioether (sulfide) groups is 1. The summed E-state index contributed by atoms with van der Waals surface area (Å²) in [6, 6.07) is 1.25. The maximum atomic E-state index is 11.7. The van der Waals surface area contributed by atoms with Crippen LogP contribution in [0.4, 0.5) is 5.82 Å². The van der Waals surface area contributed by atoms with Crippen LogP contribution < -0.4 is 17.0 Å². The minimum Gasteiger partial charge on any atom is -0.385 e. The van der Waals surface area contributed by atoms with E-state index in [1.807, 2.05) is 6.26 Å². The molecule has 0 saturated carbocycles. The first kappa shape index (κ1) is 13.9. The molecule has 3 N–H and O–H groups in total. The third-order valence-corrected chi connectivity index (χ3v) is 4.81. The molecule has 17 heavy (non-hydrogen) atoms. The molecule has 0 aromatic carbocycles. The number of hydrogen-bond donors (Lipinski definition) is 2. The fourth-order valence-electron chi connectivity index (χ4n) is 1.82. The lowest BCUT2D eigenvalue weighted by Crippen LogP contribution is -2.38. The molecule has 1 rings (SSSR count). The molecule has 5 nitrogen and oxygen atoms in total. The zero-order valence-corrected chi connectivity index (χ0v) is 11.3. The summed E-state index contributed by atoms with van der Waals surface area (Å²) in [7, 11) is 0. The summed E-state index contributed by atoms with van der Waals surface area (Å²) in [5.41, 5.74) is 4.84. The second-order valence-corrected chi connectivity index (χ2v) is 5.32. The zero-order valence-electron chi connectivity index (χ0n) is 10.4. The summed E-state index contributed by atoms with van der Waals surface area (Å²) in [5, 5.41) is 0. The molecule has 0 unspecified atom stereocenters. The van der Waals surface area contributed by atoms with E-state index in [1.54, 1.807) is 11.8 Å². The summed E-state index contributed by atoms with van der Waals surface area (Å²) in [5.74, 6) is 0.221. The van der Waals surface area contributed by atoms with Crippen molar-refractivity contribution in [1.82, 2.24) is 9.55 Å². The smallest absolute Gasteiger partial charge is 0.329 e. The van der Waals surface area contributed by atoms with Gasteiger partial charge in [0.1, 0.15) is 5.82 Å². The van der Waals surface area contributed by atoms with Gasteiger partial charge in [0.15, 0.2) is 0 Å². The lowest BCUT2D eigenvalue weighted by molar-refractivity contribution is 0.457. The van der Waals surface area contributed by atoms with E-state index in [9.17, 15) is 9.59 Å². The number of nitrogen functional groups attached to an aromatic ring is 1. The van der Waals surface area contributed by atoms with Crippen molar-refractivity contribution in [3.05, 3.63) is 26.9 Å². The standard InChI is InChI=1S/C11H19N3O2S/c1-4-11(5-2,17-3)7-14-8(12)6-9(15)13-10(14)16/h6H,4-5,7,12H2,1-3H3,(H,13,15,16). The van der Waals surface area contributed by atoms with E-state index in [-0.39, 0.29) is 10.6 Å². The summed E-state index contributed by atoms with van der Waals surface area (Å²) in [6.07, 6.45) is 3.91. The summed E-state index contributed by atoms with van der Waals surface area (Å²) in [6.45, 7) is 4.70. The average Bonchev–Trinajstić information content (AvgIpc) is 2.29. The second-order valence-electron chi connectivity index (χ2n) is 4.04. The Balaban J connectivity index is 3.19. The van der Waals surface area contributed by atoms with Gasteiger partial charge in [-0.3, -0.25) is 14.3 Å². The molecule has 0 atom stereocenters. The molecule has 96 valence electrons. The molecular weight excluding hydrogens is 238 g/mol. The minimum absolute atomic E-state index is 0.0177. The summed E-state index contributed by atoms with van der Waals surface area (Å²) >= 11 is 1.73. The SMILES string of the molecule is CCC(CC)(Cn1c(N)cc(=O)[nH]c1=O)SC. The van der Waals surface area contributed by atoms with E-state index in [0.29, 0.717) is 6.54 Å². The van der Waals surface area contributed by atoms with Crippen molar-refractivity contribution in [1.29, 1.82) is 0 Å². The molecule has 1 heterocycles. The van der Waals surface area contributed by atoms with Gasteiger partial charge in [0.25, 0.3) is 5.56 Å². The number of anilines is 1. The van der Waals surface area contributed by atoms with Crippen molar-refractivity contribution >= 4 is 17.6 Å².